The van der Waals surface area contributed by atoms with Gasteiger partial charge in [0.25, 0.3) is 0 Å². The SMILES string of the molecule is C=CC(=O)OCCCCCCOc1ccc(C(=O)Oc2cc(OCC(F)(F)C(F)(F)C(F)(F)C(F)(F)C(F)(F)C(F)(F)F)cc(OCC(F)(F)C(F)(F)C(F)(F)C(F)(F)C(F)(F)C(F)(F)F)c2)cc1. The van der Waals surface area contributed by atoms with Crippen molar-refractivity contribution in [3.63, 3.8) is 0 Å². The number of hydrogen-bond donors (Lipinski definition) is 0. The molecule has 0 saturated carbocycles. The van der Waals surface area contributed by atoms with Gasteiger partial charge in [0.05, 0.1) is 18.8 Å². The lowest BCUT2D eigenvalue weighted by atomic mass is 9.94. The number of unbranched alkanes of at least 4 members (excludes halogenated alkanes) is 3. The third-order valence-corrected chi connectivity index (χ3v) is 8.71. The fourth-order valence-corrected chi connectivity index (χ4v) is 4.74. The van der Waals surface area contributed by atoms with Crippen LogP contribution in [0.2, 0.25) is 0 Å². The van der Waals surface area contributed by atoms with Crippen LogP contribution in [-0.2, 0) is 9.53 Å². The van der Waals surface area contributed by atoms with Crippen LogP contribution in [0.15, 0.2) is 55.1 Å². The van der Waals surface area contributed by atoms with Crippen LogP contribution in [0.3, 0.4) is 0 Å². The summed E-state index contributed by atoms with van der Waals surface area (Å²) in [5.41, 5.74) is -0.625. The Bertz CT molecular complexity index is 1990. The van der Waals surface area contributed by atoms with Gasteiger partial charge in [0.1, 0.15) is 23.0 Å². The second-order valence-electron chi connectivity index (χ2n) is 13.8. The first-order chi connectivity index (χ1) is 30.8. The molecule has 0 aliphatic rings. The monoisotopic (exact) mass is 1060 g/mol. The van der Waals surface area contributed by atoms with Gasteiger partial charge in [-0.05, 0) is 49.9 Å². The van der Waals surface area contributed by atoms with E-state index in [2.05, 4.69) is 20.8 Å². The third kappa shape index (κ3) is 11.8. The zero-order valence-electron chi connectivity index (χ0n) is 33.2. The van der Waals surface area contributed by atoms with Gasteiger partial charge in [-0.3, -0.25) is 0 Å². The standard InChI is InChI=1S/C36H26F26O7/c1-2-23(63)66-12-6-4-3-5-11-65-19-9-7-18(8-10-19)24(64)69-22-14-20(67-16-25(37,38)27(41,42)29(45,46)31(49,50)33(53,54)35(57,58)59)13-21(15-22)68-17-26(39,40)28(43,44)30(47,48)32(51,52)34(55,56)36(60,61)62/h2,7-10,13-15H,1,3-6,11-12,16-17H2. The Labute approximate surface area is 367 Å². The van der Waals surface area contributed by atoms with Crippen molar-refractivity contribution in [3.05, 3.63) is 60.7 Å². The van der Waals surface area contributed by atoms with Gasteiger partial charge in [0.15, 0.2) is 13.2 Å². The van der Waals surface area contributed by atoms with E-state index in [0.717, 1.165) is 30.3 Å². The lowest BCUT2D eigenvalue weighted by molar-refractivity contribution is -0.440. The molecule has 7 nitrogen and oxygen atoms in total. The molecule has 2 rings (SSSR count). The summed E-state index contributed by atoms with van der Waals surface area (Å²) in [6.07, 6.45) is -12.7. The Balaban J connectivity index is 2.50. The molecule has 0 spiro atoms. The molecule has 0 bridgehead atoms. The summed E-state index contributed by atoms with van der Waals surface area (Å²) in [6.45, 7) is -3.89. The van der Waals surface area contributed by atoms with Gasteiger partial charge in [-0.2, -0.15) is 114 Å². The molecule has 0 radical (unpaired) electrons. The molecule has 0 atom stereocenters. The molecule has 0 aromatic heterocycles. The quantitative estimate of drug-likeness (QED) is 0.0322. The van der Waals surface area contributed by atoms with E-state index in [1.165, 1.54) is 0 Å². The van der Waals surface area contributed by atoms with Gasteiger partial charge in [0, 0.05) is 24.3 Å². The fourth-order valence-electron chi connectivity index (χ4n) is 4.74. The predicted octanol–water partition coefficient (Wildman–Crippen LogP) is 12.8. The molecule has 2 aromatic rings. The average Bonchev–Trinajstić information content (AvgIpc) is 3.21. The summed E-state index contributed by atoms with van der Waals surface area (Å²) in [5.74, 6) is -87.8. The minimum absolute atomic E-state index is 0.0175. The van der Waals surface area contributed by atoms with Crippen molar-refractivity contribution in [2.75, 3.05) is 26.4 Å². The number of carbonyl (C=O) groups excluding carboxylic acids is 2. The smallest absolute Gasteiger partial charge is 0.460 e. The molecule has 0 unspecified atom stereocenters. The molecular formula is C36H26F26O7. The zero-order chi connectivity index (χ0) is 53.9. The minimum Gasteiger partial charge on any atom is -0.494 e. The van der Waals surface area contributed by atoms with E-state index >= 15 is 0 Å². The van der Waals surface area contributed by atoms with Crippen LogP contribution in [0, 0.1) is 0 Å². The molecule has 33 heteroatoms. The predicted molar refractivity (Wildman–Crippen MR) is 176 cm³/mol. The van der Waals surface area contributed by atoms with Crippen molar-refractivity contribution in [3.8, 4) is 23.0 Å². The maximum atomic E-state index is 14.5. The second-order valence-corrected chi connectivity index (χ2v) is 13.8. The Morgan fingerprint density at radius 2 is 0.768 bits per heavy atom. The minimum atomic E-state index is -8.41. The van der Waals surface area contributed by atoms with Crippen LogP contribution in [0.4, 0.5) is 114 Å². The molecule has 0 N–H and O–H groups in total. The summed E-state index contributed by atoms with van der Waals surface area (Å²) in [5, 5.41) is 0. The van der Waals surface area contributed by atoms with Crippen molar-refractivity contribution >= 4 is 11.9 Å². The molecule has 0 aliphatic carbocycles. The van der Waals surface area contributed by atoms with Gasteiger partial charge in [-0.15, -0.1) is 0 Å². The number of halogens is 26. The van der Waals surface area contributed by atoms with E-state index in [4.69, 9.17) is 9.47 Å². The first kappa shape index (κ1) is 59.8. The highest BCUT2D eigenvalue weighted by Gasteiger charge is 2.92. The van der Waals surface area contributed by atoms with Gasteiger partial charge in [-0.25, -0.2) is 9.59 Å². The maximum absolute atomic E-state index is 14.5. The van der Waals surface area contributed by atoms with Crippen LogP contribution < -0.4 is 18.9 Å². The number of carbonyl (C=O) groups is 2. The maximum Gasteiger partial charge on any atom is 0.460 e. The van der Waals surface area contributed by atoms with Crippen molar-refractivity contribution in [2.45, 2.75) is 97.3 Å². The van der Waals surface area contributed by atoms with Crippen LogP contribution in [0.1, 0.15) is 36.0 Å². The van der Waals surface area contributed by atoms with Gasteiger partial charge in [0.2, 0.25) is 0 Å². The molecule has 0 fully saturated rings. The Hall–Kier alpha value is -5.30. The summed E-state index contributed by atoms with van der Waals surface area (Å²) < 4.78 is 375. The molecule has 0 saturated heterocycles. The van der Waals surface area contributed by atoms with Crippen molar-refractivity contribution < 1.29 is 147 Å². The van der Waals surface area contributed by atoms with Crippen molar-refractivity contribution in [1.29, 1.82) is 0 Å². The van der Waals surface area contributed by atoms with Crippen molar-refractivity contribution in [1.82, 2.24) is 0 Å². The number of esters is 2. The molecule has 394 valence electrons. The first-order valence-electron chi connectivity index (χ1n) is 17.9. The average molecular weight is 1060 g/mol. The molecule has 69 heavy (non-hydrogen) atoms. The van der Waals surface area contributed by atoms with Crippen LogP contribution in [0.5, 0.6) is 23.0 Å². The fraction of sp³-hybridized carbons (Fsp3) is 0.556. The number of rotatable bonds is 25. The van der Waals surface area contributed by atoms with Gasteiger partial charge in [-0.1, -0.05) is 6.58 Å². The summed E-state index contributed by atoms with van der Waals surface area (Å²) in [7, 11) is 0. The molecule has 0 amide bonds. The van der Waals surface area contributed by atoms with Gasteiger partial charge >= 0.3 is 83.5 Å². The van der Waals surface area contributed by atoms with E-state index in [9.17, 15) is 124 Å². The number of ether oxygens (including phenoxy) is 5. The Morgan fingerprint density at radius 3 is 1.13 bits per heavy atom. The molecule has 0 aliphatic heterocycles. The van der Waals surface area contributed by atoms with E-state index in [-0.39, 0.29) is 31.1 Å². The Morgan fingerprint density at radius 1 is 0.420 bits per heavy atom. The summed E-state index contributed by atoms with van der Waals surface area (Å²) >= 11 is 0. The Kier molecular flexibility index (Phi) is 17.5. The largest absolute Gasteiger partial charge is 0.494 e. The lowest BCUT2D eigenvalue weighted by Crippen LogP contribution is -2.70. The van der Waals surface area contributed by atoms with E-state index in [1.807, 2.05) is 0 Å². The molecule has 2 aromatic carbocycles. The number of hydrogen-bond acceptors (Lipinski definition) is 7. The normalized spacial score (nSPS) is 14.3. The van der Waals surface area contributed by atoms with E-state index < -0.39 is 126 Å². The summed E-state index contributed by atoms with van der Waals surface area (Å²) in [6, 6.07) is 3.13. The van der Waals surface area contributed by atoms with Crippen LogP contribution in [-0.4, -0.2) is 110 Å². The second kappa shape index (κ2) is 20.2. The molecule has 0 heterocycles. The highest BCUT2D eigenvalue weighted by atomic mass is 19.4. The number of benzene rings is 2. The van der Waals surface area contributed by atoms with Crippen LogP contribution in [0.25, 0.3) is 0 Å². The van der Waals surface area contributed by atoms with Gasteiger partial charge < -0.3 is 23.7 Å². The van der Waals surface area contributed by atoms with E-state index in [0.29, 0.717) is 25.7 Å². The van der Waals surface area contributed by atoms with Crippen LogP contribution >= 0.6 is 0 Å². The first-order valence-corrected chi connectivity index (χ1v) is 17.9. The highest BCUT2D eigenvalue weighted by Crippen LogP contribution is 2.62. The van der Waals surface area contributed by atoms with Crippen molar-refractivity contribution in [2.24, 2.45) is 0 Å². The van der Waals surface area contributed by atoms with E-state index in [1.54, 1.807) is 0 Å². The lowest BCUT2D eigenvalue weighted by Gasteiger charge is -2.39. The topological polar surface area (TPSA) is 80.3 Å². The highest BCUT2D eigenvalue weighted by molar-refractivity contribution is 5.91. The molecular weight excluding hydrogens is 1040 g/mol. The number of alkyl halides is 26. The third-order valence-electron chi connectivity index (χ3n) is 8.71. The summed E-state index contributed by atoms with van der Waals surface area (Å²) in [4.78, 5) is 23.8. The zero-order valence-corrected chi connectivity index (χ0v) is 33.2.